The number of urea groups is 1. The molecule has 0 bridgehead atoms. The van der Waals surface area contributed by atoms with E-state index in [-0.39, 0.29) is 18.6 Å². The third-order valence-corrected chi connectivity index (χ3v) is 4.17. The van der Waals surface area contributed by atoms with Crippen LogP contribution in [-0.2, 0) is 13.1 Å². The number of fused-ring (bicyclic) bond motifs is 2. The Morgan fingerprint density at radius 1 is 1.08 bits per heavy atom. The summed E-state index contributed by atoms with van der Waals surface area (Å²) in [6.45, 7) is 1.69. The summed E-state index contributed by atoms with van der Waals surface area (Å²) in [5.74, 6) is 1.66. The third-order valence-electron chi connectivity index (χ3n) is 4.17. The van der Waals surface area contributed by atoms with Crippen LogP contribution in [0.4, 0.5) is 9.18 Å². The molecule has 7 heteroatoms. The van der Waals surface area contributed by atoms with Crippen LogP contribution >= 0.6 is 0 Å². The van der Waals surface area contributed by atoms with Crippen molar-refractivity contribution in [2.75, 3.05) is 19.9 Å². The molecule has 0 atom stereocenters. The molecule has 0 spiro atoms. The summed E-state index contributed by atoms with van der Waals surface area (Å²) in [4.78, 5) is 14.1. The minimum absolute atomic E-state index is 0.217. The lowest BCUT2D eigenvalue weighted by atomic mass is 10.2. The van der Waals surface area contributed by atoms with Crippen molar-refractivity contribution in [1.82, 2.24) is 10.2 Å². The highest BCUT2D eigenvalue weighted by Gasteiger charge is 2.20. The molecule has 2 aromatic carbocycles. The molecule has 2 aliphatic heterocycles. The predicted molar refractivity (Wildman–Crippen MR) is 87.1 cm³/mol. The molecule has 2 aliphatic rings. The zero-order valence-corrected chi connectivity index (χ0v) is 13.5. The lowest BCUT2D eigenvalue weighted by Gasteiger charge is -2.20. The van der Waals surface area contributed by atoms with Crippen LogP contribution in [0.2, 0.25) is 0 Å². The first kappa shape index (κ1) is 15.6. The highest BCUT2D eigenvalue weighted by Crippen LogP contribution is 2.32. The van der Waals surface area contributed by atoms with E-state index in [0.29, 0.717) is 49.1 Å². The van der Waals surface area contributed by atoms with Crippen molar-refractivity contribution in [3.63, 3.8) is 0 Å². The predicted octanol–water partition coefficient (Wildman–Crippen LogP) is 2.66. The third kappa shape index (κ3) is 3.31. The van der Waals surface area contributed by atoms with Gasteiger partial charge >= 0.3 is 6.03 Å². The summed E-state index contributed by atoms with van der Waals surface area (Å²) >= 11 is 0. The molecule has 0 aliphatic carbocycles. The van der Waals surface area contributed by atoms with E-state index in [4.69, 9.17) is 14.2 Å². The maximum atomic E-state index is 13.4. The molecule has 2 aromatic rings. The topological polar surface area (TPSA) is 60.0 Å². The number of rotatable bonds is 2. The Bertz CT molecular complexity index is 812. The van der Waals surface area contributed by atoms with E-state index in [1.165, 1.54) is 12.1 Å². The number of hydrogen-bond acceptors (Lipinski definition) is 4. The van der Waals surface area contributed by atoms with Gasteiger partial charge in [0.05, 0.1) is 13.1 Å². The standard InChI is InChI=1S/C18H17FN2O4/c19-14-2-4-15-13(8-14)10-21(5-6-23-15)18(22)20-9-12-1-3-16-17(7-12)25-11-24-16/h1-4,7-8H,5-6,9-11H2,(H,20,22). The molecule has 2 heterocycles. The number of nitrogens with one attached hydrogen (secondary N) is 1. The zero-order chi connectivity index (χ0) is 17.2. The molecular formula is C18H17FN2O4. The van der Waals surface area contributed by atoms with Gasteiger partial charge in [-0.2, -0.15) is 0 Å². The Hall–Kier alpha value is -2.96. The van der Waals surface area contributed by atoms with Crippen molar-refractivity contribution in [3.05, 3.63) is 53.3 Å². The van der Waals surface area contributed by atoms with E-state index in [0.717, 1.165) is 5.56 Å². The molecule has 2 amide bonds. The molecule has 1 N–H and O–H groups in total. The minimum Gasteiger partial charge on any atom is -0.491 e. The Kier molecular flexibility index (Phi) is 4.05. The number of ether oxygens (including phenoxy) is 3. The first-order valence-corrected chi connectivity index (χ1v) is 8.01. The quantitative estimate of drug-likeness (QED) is 0.910. The minimum atomic E-state index is -0.343. The second kappa shape index (κ2) is 6.51. The SMILES string of the molecule is O=C(NCc1ccc2c(c1)OCO2)N1CCOc2ccc(F)cc2C1. The van der Waals surface area contributed by atoms with Crippen LogP contribution in [0.25, 0.3) is 0 Å². The summed E-state index contributed by atoms with van der Waals surface area (Å²) in [5, 5.41) is 2.87. The molecule has 25 heavy (non-hydrogen) atoms. The van der Waals surface area contributed by atoms with Gasteiger partial charge in [0.25, 0.3) is 0 Å². The van der Waals surface area contributed by atoms with Crippen LogP contribution < -0.4 is 19.5 Å². The van der Waals surface area contributed by atoms with Crippen LogP contribution in [0.3, 0.4) is 0 Å². The van der Waals surface area contributed by atoms with Crippen molar-refractivity contribution in [3.8, 4) is 17.2 Å². The van der Waals surface area contributed by atoms with Gasteiger partial charge in [-0.25, -0.2) is 9.18 Å². The molecule has 0 saturated carbocycles. The largest absolute Gasteiger partial charge is 0.491 e. The van der Waals surface area contributed by atoms with E-state index in [1.807, 2.05) is 18.2 Å². The molecule has 0 saturated heterocycles. The van der Waals surface area contributed by atoms with Gasteiger partial charge in [-0.1, -0.05) is 6.07 Å². The number of benzene rings is 2. The van der Waals surface area contributed by atoms with Gasteiger partial charge in [0.2, 0.25) is 6.79 Å². The van der Waals surface area contributed by atoms with Crippen molar-refractivity contribution < 1.29 is 23.4 Å². The molecule has 4 rings (SSSR count). The monoisotopic (exact) mass is 344 g/mol. The van der Waals surface area contributed by atoms with Gasteiger partial charge < -0.3 is 24.4 Å². The smallest absolute Gasteiger partial charge is 0.318 e. The van der Waals surface area contributed by atoms with Crippen molar-refractivity contribution >= 4 is 6.03 Å². The Morgan fingerprint density at radius 2 is 1.92 bits per heavy atom. The second-order valence-electron chi connectivity index (χ2n) is 5.87. The van der Waals surface area contributed by atoms with Crippen LogP contribution in [0, 0.1) is 5.82 Å². The Balaban J connectivity index is 1.41. The van der Waals surface area contributed by atoms with Crippen LogP contribution in [0.1, 0.15) is 11.1 Å². The number of carbonyl (C=O) groups is 1. The van der Waals surface area contributed by atoms with Crippen LogP contribution in [0.5, 0.6) is 17.2 Å². The summed E-state index contributed by atoms with van der Waals surface area (Å²) < 4.78 is 29.6. The van der Waals surface area contributed by atoms with E-state index in [9.17, 15) is 9.18 Å². The summed E-state index contributed by atoms with van der Waals surface area (Å²) in [6.07, 6.45) is 0. The van der Waals surface area contributed by atoms with Crippen molar-refractivity contribution in [2.45, 2.75) is 13.1 Å². The Morgan fingerprint density at radius 3 is 2.84 bits per heavy atom. The molecule has 0 radical (unpaired) electrons. The highest BCUT2D eigenvalue weighted by molar-refractivity contribution is 5.74. The van der Waals surface area contributed by atoms with Gasteiger partial charge in [0.15, 0.2) is 11.5 Å². The van der Waals surface area contributed by atoms with E-state index in [1.54, 1.807) is 11.0 Å². The number of amides is 2. The van der Waals surface area contributed by atoms with Gasteiger partial charge in [-0.3, -0.25) is 0 Å². The average molecular weight is 344 g/mol. The summed E-state index contributed by atoms with van der Waals surface area (Å²) in [7, 11) is 0. The average Bonchev–Trinajstić information content (AvgIpc) is 2.98. The molecular weight excluding hydrogens is 327 g/mol. The first-order chi connectivity index (χ1) is 12.2. The van der Waals surface area contributed by atoms with Crippen molar-refractivity contribution in [1.29, 1.82) is 0 Å². The highest BCUT2D eigenvalue weighted by atomic mass is 19.1. The van der Waals surface area contributed by atoms with Crippen molar-refractivity contribution in [2.24, 2.45) is 0 Å². The zero-order valence-electron chi connectivity index (χ0n) is 13.5. The summed E-state index contributed by atoms with van der Waals surface area (Å²) in [6, 6.07) is 9.68. The van der Waals surface area contributed by atoms with E-state index < -0.39 is 0 Å². The maximum absolute atomic E-state index is 13.4. The number of halogens is 1. The van der Waals surface area contributed by atoms with Crippen LogP contribution in [-0.4, -0.2) is 30.9 Å². The normalized spacial score (nSPS) is 15.2. The van der Waals surface area contributed by atoms with Gasteiger partial charge in [-0.15, -0.1) is 0 Å². The number of nitrogens with zero attached hydrogens (tertiary/aromatic N) is 1. The fourth-order valence-corrected chi connectivity index (χ4v) is 2.88. The lowest BCUT2D eigenvalue weighted by Crippen LogP contribution is -2.40. The van der Waals surface area contributed by atoms with Crippen LogP contribution in [0.15, 0.2) is 36.4 Å². The van der Waals surface area contributed by atoms with Gasteiger partial charge in [-0.05, 0) is 35.9 Å². The van der Waals surface area contributed by atoms with Gasteiger partial charge in [0.1, 0.15) is 18.2 Å². The number of hydrogen-bond donors (Lipinski definition) is 1. The molecule has 130 valence electrons. The Labute approximate surface area is 144 Å². The molecule has 6 nitrogen and oxygen atoms in total. The van der Waals surface area contributed by atoms with E-state index in [2.05, 4.69) is 5.32 Å². The second-order valence-corrected chi connectivity index (χ2v) is 5.87. The first-order valence-electron chi connectivity index (χ1n) is 8.01. The maximum Gasteiger partial charge on any atom is 0.318 e. The summed E-state index contributed by atoms with van der Waals surface area (Å²) in [5.41, 5.74) is 1.57. The van der Waals surface area contributed by atoms with E-state index >= 15 is 0 Å². The lowest BCUT2D eigenvalue weighted by molar-refractivity contribution is 0.174. The van der Waals surface area contributed by atoms with Gasteiger partial charge in [0, 0.05) is 12.1 Å². The molecule has 0 aromatic heterocycles. The fourth-order valence-electron chi connectivity index (χ4n) is 2.88. The fraction of sp³-hybridized carbons (Fsp3) is 0.278. The molecule has 0 fully saturated rings. The number of carbonyl (C=O) groups excluding carboxylic acids is 1. The molecule has 0 unspecified atom stereocenters.